The number of hydrogen-bond donors (Lipinski definition) is 3. The summed E-state index contributed by atoms with van der Waals surface area (Å²) in [5, 5.41) is 15.5. The quantitative estimate of drug-likeness (QED) is 0.618. The van der Waals surface area contributed by atoms with Crippen molar-refractivity contribution in [2.45, 2.75) is 12.8 Å². The molecule has 0 aliphatic rings. The zero-order chi connectivity index (χ0) is 17.5. The summed E-state index contributed by atoms with van der Waals surface area (Å²) >= 11 is 11.6. The Balaban J connectivity index is 2.28. The third-order valence-electron chi connectivity index (χ3n) is 3.22. The van der Waals surface area contributed by atoms with Gasteiger partial charge in [0.2, 0.25) is 5.91 Å². The minimum atomic E-state index is -1.05. The Labute approximate surface area is 149 Å². The molecule has 0 aliphatic carbocycles. The molecule has 0 aromatic heterocycles. The summed E-state index contributed by atoms with van der Waals surface area (Å²) in [7, 11) is 0. The summed E-state index contributed by atoms with van der Waals surface area (Å²) in [6, 6.07) is 11.4. The molecule has 2 rings (SSSR count). The molecule has 0 bridgehead atoms. The van der Waals surface area contributed by atoms with Crippen molar-refractivity contribution in [1.29, 1.82) is 0 Å². The Bertz CT molecular complexity index is 750. The van der Waals surface area contributed by atoms with Gasteiger partial charge in [0.05, 0.1) is 22.6 Å². The lowest BCUT2D eigenvalue weighted by Crippen LogP contribution is -2.13. The fourth-order valence-electron chi connectivity index (χ4n) is 2.09. The van der Waals surface area contributed by atoms with Gasteiger partial charge in [-0.3, -0.25) is 4.79 Å². The van der Waals surface area contributed by atoms with Crippen LogP contribution in [-0.2, 0) is 4.79 Å². The highest BCUT2D eigenvalue weighted by Gasteiger charge is 2.12. The van der Waals surface area contributed by atoms with Crippen molar-refractivity contribution in [2.24, 2.45) is 0 Å². The molecular weight excluding hydrogens is 351 g/mol. The van der Waals surface area contributed by atoms with Gasteiger partial charge in [-0.2, -0.15) is 0 Å². The molecule has 7 heteroatoms. The number of carboxylic acids is 1. The van der Waals surface area contributed by atoms with Crippen molar-refractivity contribution in [2.75, 3.05) is 16.5 Å². The minimum Gasteiger partial charge on any atom is -0.478 e. The first-order valence-corrected chi connectivity index (χ1v) is 8.17. The number of carbonyl (C=O) groups is 2. The average molecular weight is 367 g/mol. The number of halogens is 2. The largest absolute Gasteiger partial charge is 0.478 e. The number of carbonyl (C=O) groups excluding carboxylic acids is 1. The van der Waals surface area contributed by atoms with Crippen LogP contribution in [0.5, 0.6) is 0 Å². The Hall–Kier alpha value is -2.24. The van der Waals surface area contributed by atoms with Crippen LogP contribution < -0.4 is 10.6 Å². The molecule has 0 aliphatic heterocycles. The van der Waals surface area contributed by atoms with E-state index in [0.717, 1.165) is 0 Å². The van der Waals surface area contributed by atoms with E-state index >= 15 is 0 Å². The normalized spacial score (nSPS) is 10.2. The maximum Gasteiger partial charge on any atom is 0.337 e. The predicted molar refractivity (Wildman–Crippen MR) is 96.7 cm³/mol. The van der Waals surface area contributed by atoms with Gasteiger partial charge < -0.3 is 15.7 Å². The number of hydrogen-bond acceptors (Lipinski definition) is 3. The first kappa shape index (κ1) is 18.1. The van der Waals surface area contributed by atoms with Crippen LogP contribution in [0.15, 0.2) is 42.5 Å². The maximum atomic E-state index is 11.9. The first-order valence-electron chi connectivity index (χ1n) is 7.26. The maximum absolute atomic E-state index is 11.9. The van der Waals surface area contributed by atoms with Crippen molar-refractivity contribution in [1.82, 2.24) is 0 Å². The monoisotopic (exact) mass is 366 g/mol. The van der Waals surface area contributed by atoms with Crippen LogP contribution >= 0.6 is 23.2 Å². The Morgan fingerprint density at radius 3 is 2.50 bits per heavy atom. The van der Waals surface area contributed by atoms with Crippen molar-refractivity contribution in [3.05, 3.63) is 53.1 Å². The molecule has 0 heterocycles. The predicted octanol–water partition coefficient (Wildman–Crippen LogP) is 4.74. The van der Waals surface area contributed by atoms with Crippen LogP contribution in [0, 0.1) is 0 Å². The summed E-state index contributed by atoms with van der Waals surface area (Å²) in [6.07, 6.45) is 0.878. The highest BCUT2D eigenvalue weighted by molar-refractivity contribution is 6.31. The summed E-state index contributed by atoms with van der Waals surface area (Å²) in [5.74, 6) is -0.814. The molecule has 3 N–H and O–H groups in total. The topological polar surface area (TPSA) is 78.4 Å². The number of amides is 1. The third kappa shape index (κ3) is 4.88. The fraction of sp³-hybridized carbons (Fsp3) is 0.176. The summed E-state index contributed by atoms with van der Waals surface area (Å²) in [5.41, 5.74) is 1.55. The molecule has 0 atom stereocenters. The zero-order valence-electron chi connectivity index (χ0n) is 12.7. The fourth-order valence-corrected chi connectivity index (χ4v) is 2.40. The lowest BCUT2D eigenvalue weighted by Gasteiger charge is -2.15. The molecule has 0 radical (unpaired) electrons. The lowest BCUT2D eigenvalue weighted by molar-refractivity contribution is -0.116. The molecule has 2 aromatic rings. The number of alkyl halides is 1. The number of rotatable bonds is 7. The van der Waals surface area contributed by atoms with Crippen LogP contribution in [0.25, 0.3) is 0 Å². The summed E-state index contributed by atoms with van der Waals surface area (Å²) in [6.45, 7) is 0. The minimum absolute atomic E-state index is 0.122. The van der Waals surface area contributed by atoms with E-state index in [0.29, 0.717) is 40.8 Å². The second-order valence-corrected chi connectivity index (χ2v) is 5.82. The van der Waals surface area contributed by atoms with Crippen molar-refractivity contribution >= 4 is 52.1 Å². The van der Waals surface area contributed by atoms with Crippen LogP contribution in [-0.4, -0.2) is 22.9 Å². The Kier molecular flexibility index (Phi) is 6.46. The lowest BCUT2D eigenvalue weighted by atomic mass is 10.1. The van der Waals surface area contributed by atoms with E-state index in [1.807, 2.05) is 0 Å². The second kappa shape index (κ2) is 8.57. The van der Waals surface area contributed by atoms with Gasteiger partial charge in [-0.1, -0.05) is 23.7 Å². The molecule has 0 saturated heterocycles. The molecule has 126 valence electrons. The highest BCUT2D eigenvalue weighted by atomic mass is 35.5. The highest BCUT2D eigenvalue weighted by Crippen LogP contribution is 2.30. The molecule has 0 saturated carbocycles. The summed E-state index contributed by atoms with van der Waals surface area (Å²) < 4.78 is 0. The van der Waals surface area contributed by atoms with Gasteiger partial charge in [0.1, 0.15) is 0 Å². The van der Waals surface area contributed by atoms with E-state index in [9.17, 15) is 14.7 Å². The van der Waals surface area contributed by atoms with Crippen LogP contribution in [0.2, 0.25) is 5.02 Å². The number of carboxylic acid groups (broad SMARTS) is 1. The number of anilines is 3. The second-order valence-electron chi connectivity index (χ2n) is 5.01. The van der Waals surface area contributed by atoms with E-state index in [-0.39, 0.29) is 11.5 Å². The van der Waals surface area contributed by atoms with Gasteiger partial charge in [-0.25, -0.2) is 4.79 Å². The molecule has 5 nitrogen and oxygen atoms in total. The standard InChI is InChI=1S/C17H16Cl2N2O3/c18-9-3-6-16(22)21-14-8-7-11(19)10-15(14)20-13-5-2-1-4-12(13)17(23)24/h1-2,4-5,7-8,10,20H,3,6,9H2,(H,21,22)(H,23,24). The molecule has 0 fully saturated rings. The van der Waals surface area contributed by atoms with Crippen molar-refractivity contribution in [3.63, 3.8) is 0 Å². The molecule has 0 spiro atoms. The number of nitrogens with one attached hydrogen (secondary N) is 2. The molecule has 1 amide bonds. The number of aromatic carboxylic acids is 1. The number of para-hydroxylation sites is 1. The van der Waals surface area contributed by atoms with E-state index in [4.69, 9.17) is 23.2 Å². The SMILES string of the molecule is O=C(CCCCl)Nc1ccc(Cl)cc1Nc1ccccc1C(=O)O. The van der Waals surface area contributed by atoms with Crippen LogP contribution in [0.1, 0.15) is 23.2 Å². The van der Waals surface area contributed by atoms with Gasteiger partial charge >= 0.3 is 5.97 Å². The van der Waals surface area contributed by atoms with E-state index in [1.54, 1.807) is 36.4 Å². The number of benzene rings is 2. The Morgan fingerprint density at radius 1 is 1.04 bits per heavy atom. The summed E-state index contributed by atoms with van der Waals surface area (Å²) in [4.78, 5) is 23.2. The molecule has 24 heavy (non-hydrogen) atoms. The van der Waals surface area contributed by atoms with Gasteiger partial charge in [-0.05, 0) is 36.8 Å². The molecular formula is C17H16Cl2N2O3. The Morgan fingerprint density at radius 2 is 1.79 bits per heavy atom. The van der Waals surface area contributed by atoms with E-state index in [1.165, 1.54) is 6.07 Å². The van der Waals surface area contributed by atoms with Crippen LogP contribution in [0.3, 0.4) is 0 Å². The van der Waals surface area contributed by atoms with Crippen molar-refractivity contribution in [3.8, 4) is 0 Å². The van der Waals surface area contributed by atoms with Gasteiger partial charge in [0.15, 0.2) is 0 Å². The van der Waals surface area contributed by atoms with Crippen molar-refractivity contribution < 1.29 is 14.7 Å². The van der Waals surface area contributed by atoms with Crippen LogP contribution in [0.4, 0.5) is 17.1 Å². The smallest absolute Gasteiger partial charge is 0.337 e. The molecule has 0 unspecified atom stereocenters. The zero-order valence-corrected chi connectivity index (χ0v) is 14.2. The first-order chi connectivity index (χ1) is 11.5. The van der Waals surface area contributed by atoms with E-state index < -0.39 is 5.97 Å². The average Bonchev–Trinajstić information content (AvgIpc) is 2.55. The van der Waals surface area contributed by atoms with E-state index in [2.05, 4.69) is 10.6 Å². The van der Waals surface area contributed by atoms with Gasteiger partial charge in [0, 0.05) is 17.3 Å². The third-order valence-corrected chi connectivity index (χ3v) is 3.72. The van der Waals surface area contributed by atoms with Gasteiger partial charge in [0.25, 0.3) is 0 Å². The molecule has 2 aromatic carbocycles. The van der Waals surface area contributed by atoms with Gasteiger partial charge in [-0.15, -0.1) is 11.6 Å².